The maximum atomic E-state index is 12.2. The molecule has 0 radical (unpaired) electrons. The smallest absolute Gasteiger partial charge is 0.239 e. The number of nitrogens with zero attached hydrogens (tertiary/aromatic N) is 2. The van der Waals surface area contributed by atoms with Crippen LogP contribution in [-0.4, -0.2) is 30.2 Å². The molecule has 1 aliphatic heterocycles. The zero-order valence-electron chi connectivity index (χ0n) is 16.5. The van der Waals surface area contributed by atoms with Gasteiger partial charge in [-0.3, -0.25) is 14.8 Å². The van der Waals surface area contributed by atoms with Gasteiger partial charge in [0.15, 0.2) is 0 Å². The van der Waals surface area contributed by atoms with Gasteiger partial charge in [0.1, 0.15) is 6.04 Å². The van der Waals surface area contributed by atoms with Gasteiger partial charge in [-0.25, -0.2) is 0 Å². The maximum absolute atomic E-state index is 12.2. The molecule has 3 rings (SSSR count). The summed E-state index contributed by atoms with van der Waals surface area (Å²) in [6.45, 7) is 5.55. The lowest BCUT2D eigenvalue weighted by atomic mass is 9.80. The van der Waals surface area contributed by atoms with Crippen molar-refractivity contribution in [1.82, 2.24) is 10.3 Å². The number of pyridine rings is 1. The van der Waals surface area contributed by atoms with Crippen molar-refractivity contribution in [2.75, 3.05) is 13.1 Å². The first kappa shape index (κ1) is 20.0. The molecular formula is C23H28N4O. The molecule has 146 valence electrons. The summed E-state index contributed by atoms with van der Waals surface area (Å²) in [4.78, 5) is 20.8. The van der Waals surface area contributed by atoms with Crippen molar-refractivity contribution in [3.8, 4) is 0 Å². The first-order valence-electron chi connectivity index (χ1n) is 9.68. The molecule has 2 heterocycles. The number of allylic oxidation sites excluding steroid dienone is 1. The van der Waals surface area contributed by atoms with E-state index in [-0.39, 0.29) is 11.3 Å². The van der Waals surface area contributed by atoms with E-state index < -0.39 is 6.04 Å². The van der Waals surface area contributed by atoms with Crippen LogP contribution in [0.15, 0.2) is 65.9 Å². The minimum Gasteiger partial charge on any atom is -0.368 e. The number of nitrogens with one attached hydrogen (secondary N) is 1. The Morgan fingerprint density at radius 3 is 2.54 bits per heavy atom. The minimum atomic E-state index is -0.536. The van der Waals surface area contributed by atoms with Crippen LogP contribution in [0.2, 0.25) is 0 Å². The van der Waals surface area contributed by atoms with Gasteiger partial charge in [-0.2, -0.15) is 0 Å². The monoisotopic (exact) mass is 376 g/mol. The molecule has 0 bridgehead atoms. The van der Waals surface area contributed by atoms with Gasteiger partial charge in [0.2, 0.25) is 5.91 Å². The van der Waals surface area contributed by atoms with Gasteiger partial charge in [-0.15, -0.1) is 0 Å². The fraction of sp³-hybridized carbons (Fsp3) is 0.348. The van der Waals surface area contributed by atoms with E-state index in [4.69, 9.17) is 5.73 Å². The number of hydrogen-bond acceptors (Lipinski definition) is 4. The van der Waals surface area contributed by atoms with Crippen molar-refractivity contribution in [1.29, 1.82) is 0 Å². The molecule has 0 saturated carbocycles. The summed E-state index contributed by atoms with van der Waals surface area (Å²) in [5.74, 6) is 0.0686. The quantitative estimate of drug-likeness (QED) is 0.742. The Labute approximate surface area is 166 Å². The van der Waals surface area contributed by atoms with Gasteiger partial charge in [-0.05, 0) is 41.2 Å². The maximum Gasteiger partial charge on any atom is 0.239 e. The summed E-state index contributed by atoms with van der Waals surface area (Å²) >= 11 is 0. The SMILES string of the molecule is CC(C)c1ccc(C(NCC2(Cc3cccnc3)C=CC=NC2)C(N)=O)cc1. The molecule has 0 aliphatic carbocycles. The third-order valence-corrected chi connectivity index (χ3v) is 5.21. The number of carbonyl (C=O) groups is 1. The molecule has 5 heteroatoms. The number of amides is 1. The van der Waals surface area contributed by atoms with E-state index in [1.807, 2.05) is 36.7 Å². The molecule has 1 amide bonds. The minimum absolute atomic E-state index is 0.219. The molecule has 1 aliphatic rings. The predicted octanol–water partition coefficient (Wildman–Crippen LogP) is 3.19. The average molecular weight is 377 g/mol. The van der Waals surface area contributed by atoms with Crippen LogP contribution in [0, 0.1) is 5.41 Å². The summed E-state index contributed by atoms with van der Waals surface area (Å²) < 4.78 is 0. The standard InChI is InChI=1S/C23H28N4O/c1-17(2)19-6-8-20(9-7-19)21(22(24)28)27-16-23(10-4-12-26-15-23)13-18-5-3-11-25-14-18/h3-12,14,17,21,27H,13,15-16H2,1-2H3,(H2,24,28). The van der Waals surface area contributed by atoms with Crippen LogP contribution in [0.25, 0.3) is 0 Å². The molecular weight excluding hydrogens is 348 g/mol. The second-order valence-electron chi connectivity index (χ2n) is 7.79. The fourth-order valence-corrected chi connectivity index (χ4v) is 3.56. The number of primary amides is 1. The van der Waals surface area contributed by atoms with Gasteiger partial charge in [0, 0.05) is 37.1 Å². The van der Waals surface area contributed by atoms with Crippen molar-refractivity contribution in [2.45, 2.75) is 32.2 Å². The number of benzene rings is 1. The van der Waals surface area contributed by atoms with E-state index in [9.17, 15) is 4.79 Å². The molecule has 0 fully saturated rings. The Morgan fingerprint density at radius 2 is 1.96 bits per heavy atom. The number of dihydropyridines is 1. The lowest BCUT2D eigenvalue weighted by molar-refractivity contribution is -0.120. The molecule has 3 N–H and O–H groups in total. The van der Waals surface area contributed by atoms with E-state index in [0.29, 0.717) is 19.0 Å². The van der Waals surface area contributed by atoms with Crippen LogP contribution in [0.4, 0.5) is 0 Å². The van der Waals surface area contributed by atoms with Crippen LogP contribution in [0.1, 0.15) is 42.5 Å². The fourth-order valence-electron chi connectivity index (χ4n) is 3.56. The zero-order chi connectivity index (χ0) is 20.0. The van der Waals surface area contributed by atoms with Gasteiger partial charge >= 0.3 is 0 Å². The van der Waals surface area contributed by atoms with E-state index in [0.717, 1.165) is 17.5 Å². The van der Waals surface area contributed by atoms with Crippen molar-refractivity contribution < 1.29 is 4.79 Å². The summed E-state index contributed by atoms with van der Waals surface area (Å²) in [5.41, 5.74) is 8.77. The van der Waals surface area contributed by atoms with E-state index in [2.05, 4.69) is 53.4 Å². The molecule has 2 aromatic rings. The molecule has 2 atom stereocenters. The van der Waals surface area contributed by atoms with Crippen molar-refractivity contribution in [2.24, 2.45) is 16.1 Å². The molecule has 1 aromatic carbocycles. The number of nitrogens with two attached hydrogens (primary N) is 1. The Kier molecular flexibility index (Phi) is 6.37. The summed E-state index contributed by atoms with van der Waals surface area (Å²) in [7, 11) is 0. The highest BCUT2D eigenvalue weighted by molar-refractivity contribution is 5.81. The molecule has 2 unspecified atom stereocenters. The topological polar surface area (TPSA) is 80.4 Å². The number of aromatic nitrogens is 1. The van der Waals surface area contributed by atoms with E-state index >= 15 is 0 Å². The highest BCUT2D eigenvalue weighted by Crippen LogP contribution is 2.28. The summed E-state index contributed by atoms with van der Waals surface area (Å²) in [6.07, 6.45) is 10.4. The first-order valence-corrected chi connectivity index (χ1v) is 9.68. The summed E-state index contributed by atoms with van der Waals surface area (Å²) in [5, 5.41) is 3.39. The Hall–Kier alpha value is -2.79. The van der Waals surface area contributed by atoms with Crippen molar-refractivity contribution in [3.63, 3.8) is 0 Å². The lowest BCUT2D eigenvalue weighted by Crippen LogP contribution is -2.43. The van der Waals surface area contributed by atoms with Gasteiger partial charge in [-0.1, -0.05) is 50.3 Å². The third kappa shape index (κ3) is 4.93. The molecule has 28 heavy (non-hydrogen) atoms. The lowest BCUT2D eigenvalue weighted by Gasteiger charge is -2.32. The highest BCUT2D eigenvalue weighted by Gasteiger charge is 2.31. The van der Waals surface area contributed by atoms with Gasteiger partial charge < -0.3 is 11.1 Å². The zero-order valence-corrected chi connectivity index (χ0v) is 16.5. The second kappa shape index (κ2) is 8.93. The van der Waals surface area contributed by atoms with E-state index in [1.165, 1.54) is 5.56 Å². The molecule has 0 saturated heterocycles. The van der Waals surface area contributed by atoms with E-state index in [1.54, 1.807) is 6.20 Å². The largest absolute Gasteiger partial charge is 0.368 e. The average Bonchev–Trinajstić information content (AvgIpc) is 2.70. The highest BCUT2D eigenvalue weighted by atomic mass is 16.1. The van der Waals surface area contributed by atoms with Crippen LogP contribution in [0.3, 0.4) is 0 Å². The van der Waals surface area contributed by atoms with Crippen LogP contribution >= 0.6 is 0 Å². The van der Waals surface area contributed by atoms with Gasteiger partial charge in [0.05, 0.1) is 0 Å². The number of hydrogen-bond donors (Lipinski definition) is 2. The molecule has 5 nitrogen and oxygen atoms in total. The second-order valence-corrected chi connectivity index (χ2v) is 7.79. The summed E-state index contributed by atoms with van der Waals surface area (Å²) in [6, 6.07) is 11.6. The normalized spacial score (nSPS) is 19.7. The van der Waals surface area contributed by atoms with Crippen molar-refractivity contribution in [3.05, 3.63) is 77.6 Å². The number of rotatable bonds is 8. The predicted molar refractivity (Wildman–Crippen MR) is 113 cm³/mol. The van der Waals surface area contributed by atoms with Crippen LogP contribution in [0.5, 0.6) is 0 Å². The van der Waals surface area contributed by atoms with Gasteiger partial charge in [0.25, 0.3) is 0 Å². The molecule has 1 aromatic heterocycles. The molecule has 0 spiro atoms. The third-order valence-electron chi connectivity index (χ3n) is 5.21. The number of aliphatic imine (C=N–C) groups is 1. The first-order chi connectivity index (χ1) is 13.5. The Bertz CT molecular complexity index is 843. The van der Waals surface area contributed by atoms with Crippen molar-refractivity contribution >= 4 is 12.1 Å². The Balaban J connectivity index is 1.77. The Morgan fingerprint density at radius 1 is 1.21 bits per heavy atom. The number of carbonyl (C=O) groups excluding carboxylic acids is 1. The van der Waals surface area contributed by atoms with Crippen LogP contribution < -0.4 is 11.1 Å². The van der Waals surface area contributed by atoms with Crippen LogP contribution in [-0.2, 0) is 11.2 Å².